The lowest BCUT2D eigenvalue weighted by molar-refractivity contribution is -0.261. The average Bonchev–Trinajstić information content (AvgIpc) is 2.91. The molecule has 1 aromatic heterocycles. The molecule has 1 saturated heterocycles. The zero-order valence-corrected chi connectivity index (χ0v) is 23.2. The van der Waals surface area contributed by atoms with Crippen molar-refractivity contribution in [2.24, 2.45) is 5.92 Å². The highest BCUT2D eigenvalue weighted by molar-refractivity contribution is 6.34. The van der Waals surface area contributed by atoms with Gasteiger partial charge < -0.3 is 24.5 Å². The maximum Gasteiger partial charge on any atom is 0.430 e. The second-order valence-electron chi connectivity index (χ2n) is 9.96. The van der Waals surface area contributed by atoms with E-state index < -0.39 is 23.2 Å². The second kappa shape index (κ2) is 12.4. The number of likely N-dealkylation sites (N-methyl/N-ethyl adjacent to an activating group) is 1. The summed E-state index contributed by atoms with van der Waals surface area (Å²) in [5.41, 5.74) is -3.93. The van der Waals surface area contributed by atoms with Crippen molar-refractivity contribution in [3.63, 3.8) is 0 Å². The molecule has 1 aliphatic heterocycles. The number of aliphatic hydroxyl groups is 1. The zero-order chi connectivity index (χ0) is 29.0. The van der Waals surface area contributed by atoms with Gasteiger partial charge in [0.2, 0.25) is 0 Å². The van der Waals surface area contributed by atoms with Crippen LogP contribution in [0.25, 0.3) is 0 Å². The van der Waals surface area contributed by atoms with Crippen LogP contribution in [0, 0.1) is 5.92 Å². The Morgan fingerprint density at radius 1 is 1.18 bits per heavy atom. The summed E-state index contributed by atoms with van der Waals surface area (Å²) in [5.74, 6) is -0.541. The van der Waals surface area contributed by atoms with E-state index in [0.717, 1.165) is 36.3 Å². The highest BCUT2D eigenvalue weighted by Gasteiger charge is 2.61. The molecule has 3 rings (SSSR count). The lowest BCUT2D eigenvalue weighted by Crippen LogP contribution is -2.55. The predicted octanol–water partition coefficient (Wildman–Crippen LogP) is 4.35. The summed E-state index contributed by atoms with van der Waals surface area (Å²) in [6, 6.07) is 6.49. The number of piperidine rings is 1. The molecule has 0 spiro atoms. The minimum absolute atomic E-state index is 0.0694. The third-order valence-corrected chi connectivity index (χ3v) is 7.39. The van der Waals surface area contributed by atoms with Crippen molar-refractivity contribution in [2.75, 3.05) is 52.8 Å². The molecule has 2 heterocycles. The van der Waals surface area contributed by atoms with Gasteiger partial charge in [-0.25, -0.2) is 4.98 Å². The Hall–Kier alpha value is -3.05. The van der Waals surface area contributed by atoms with Gasteiger partial charge in [0.25, 0.3) is 17.4 Å². The lowest BCUT2D eigenvalue weighted by Gasteiger charge is -2.34. The number of carbonyl (C=O) groups excluding carboxylic acids is 2. The second-order valence-corrected chi connectivity index (χ2v) is 10.4. The Kier molecular flexibility index (Phi) is 9.71. The largest absolute Gasteiger partial charge is 0.497 e. The number of benzene rings is 1. The molecule has 214 valence electrons. The first kappa shape index (κ1) is 30.5. The van der Waals surface area contributed by atoms with E-state index >= 15 is 0 Å². The van der Waals surface area contributed by atoms with Crippen molar-refractivity contribution < 1.29 is 32.6 Å². The fourth-order valence-electron chi connectivity index (χ4n) is 4.69. The standard InChI is InChI=1S/C27H34ClF3N4O4/c1-33(2)24(36)21-17-32-23(16-22(21)28)35-13-10-18(11-14-35)7-6-12-34(3)25(37)26(38,27(29,30)31)19-8-5-9-20(15-19)39-4/h5,8-9,15-18,38H,6-7,10-14H2,1-4H3. The fourth-order valence-corrected chi connectivity index (χ4v) is 4.92. The summed E-state index contributed by atoms with van der Waals surface area (Å²) in [6.07, 6.45) is -0.847. The van der Waals surface area contributed by atoms with Gasteiger partial charge >= 0.3 is 6.18 Å². The number of amides is 2. The monoisotopic (exact) mass is 570 g/mol. The number of ether oxygens (including phenoxy) is 1. The molecule has 1 fully saturated rings. The smallest absolute Gasteiger partial charge is 0.430 e. The molecule has 1 atom stereocenters. The summed E-state index contributed by atoms with van der Waals surface area (Å²) in [6.45, 7) is 1.50. The van der Waals surface area contributed by atoms with Crippen LogP contribution in [0.2, 0.25) is 5.02 Å². The first-order valence-electron chi connectivity index (χ1n) is 12.6. The number of methoxy groups -OCH3 is 1. The summed E-state index contributed by atoms with van der Waals surface area (Å²) in [5, 5.41) is 11.0. The summed E-state index contributed by atoms with van der Waals surface area (Å²) >= 11 is 6.31. The van der Waals surface area contributed by atoms with Crippen LogP contribution in [0.15, 0.2) is 36.5 Å². The molecular weight excluding hydrogens is 537 g/mol. The molecular formula is C27H34ClF3N4O4. The third kappa shape index (κ3) is 6.75. The van der Waals surface area contributed by atoms with Crippen LogP contribution >= 0.6 is 11.6 Å². The van der Waals surface area contributed by atoms with Gasteiger partial charge in [-0.05, 0) is 43.7 Å². The zero-order valence-electron chi connectivity index (χ0n) is 22.5. The summed E-state index contributed by atoms with van der Waals surface area (Å²) in [7, 11) is 5.84. The van der Waals surface area contributed by atoms with Crippen molar-refractivity contribution >= 4 is 29.2 Å². The van der Waals surface area contributed by atoms with E-state index in [2.05, 4.69) is 9.88 Å². The van der Waals surface area contributed by atoms with Gasteiger partial charge in [0.1, 0.15) is 11.6 Å². The molecule has 0 saturated carbocycles. The number of nitrogens with zero attached hydrogens (tertiary/aromatic N) is 4. The lowest BCUT2D eigenvalue weighted by atomic mass is 9.90. The van der Waals surface area contributed by atoms with Crippen molar-refractivity contribution in [1.82, 2.24) is 14.8 Å². The molecule has 2 aromatic rings. The van der Waals surface area contributed by atoms with Gasteiger partial charge in [-0.3, -0.25) is 9.59 Å². The van der Waals surface area contributed by atoms with Gasteiger partial charge in [-0.2, -0.15) is 13.2 Å². The van der Waals surface area contributed by atoms with E-state index in [9.17, 15) is 27.9 Å². The van der Waals surface area contributed by atoms with Crippen LogP contribution in [0.1, 0.15) is 41.6 Å². The van der Waals surface area contributed by atoms with Crippen LogP contribution in [0.4, 0.5) is 19.0 Å². The maximum atomic E-state index is 14.0. The summed E-state index contributed by atoms with van der Waals surface area (Å²) in [4.78, 5) is 33.9. The molecule has 0 bridgehead atoms. The highest BCUT2D eigenvalue weighted by atomic mass is 35.5. The highest BCUT2D eigenvalue weighted by Crippen LogP contribution is 2.41. The van der Waals surface area contributed by atoms with E-state index in [1.165, 1.54) is 37.4 Å². The maximum absolute atomic E-state index is 14.0. The van der Waals surface area contributed by atoms with E-state index in [4.69, 9.17) is 16.3 Å². The van der Waals surface area contributed by atoms with Gasteiger partial charge in [0, 0.05) is 58.6 Å². The molecule has 0 radical (unpaired) electrons. The quantitative estimate of drug-likeness (QED) is 0.482. The van der Waals surface area contributed by atoms with Crippen LogP contribution < -0.4 is 9.64 Å². The van der Waals surface area contributed by atoms with Gasteiger partial charge in [0.05, 0.1) is 17.7 Å². The van der Waals surface area contributed by atoms with E-state index in [-0.39, 0.29) is 18.2 Å². The van der Waals surface area contributed by atoms with Crippen molar-refractivity contribution in [2.45, 2.75) is 37.5 Å². The Morgan fingerprint density at radius 3 is 2.41 bits per heavy atom. The van der Waals surface area contributed by atoms with E-state index in [1.54, 1.807) is 20.2 Å². The summed E-state index contributed by atoms with van der Waals surface area (Å²) < 4.78 is 46.9. The van der Waals surface area contributed by atoms with E-state index in [1.807, 2.05) is 0 Å². The minimum Gasteiger partial charge on any atom is -0.497 e. The number of alkyl halides is 3. The van der Waals surface area contributed by atoms with Crippen molar-refractivity contribution in [1.29, 1.82) is 0 Å². The van der Waals surface area contributed by atoms with Crippen LogP contribution in [-0.4, -0.2) is 85.8 Å². The number of anilines is 1. The van der Waals surface area contributed by atoms with Crippen molar-refractivity contribution in [3.05, 3.63) is 52.7 Å². The Bertz CT molecular complexity index is 1170. The molecule has 1 aromatic carbocycles. The van der Waals surface area contributed by atoms with Crippen LogP contribution in [-0.2, 0) is 10.4 Å². The SMILES string of the molecule is COc1cccc(C(O)(C(=O)N(C)CCCC2CCN(c3cc(Cl)c(C(=O)N(C)C)cn3)CC2)C(F)(F)F)c1. The predicted molar refractivity (Wildman–Crippen MR) is 142 cm³/mol. The number of halogens is 4. The molecule has 0 aliphatic carbocycles. The first-order chi connectivity index (χ1) is 18.3. The molecule has 1 aliphatic rings. The van der Waals surface area contributed by atoms with Crippen molar-refractivity contribution in [3.8, 4) is 5.75 Å². The topological polar surface area (TPSA) is 86.2 Å². The molecule has 2 amide bonds. The average molecular weight is 571 g/mol. The molecule has 1 unspecified atom stereocenters. The van der Waals surface area contributed by atoms with Gasteiger partial charge in [-0.15, -0.1) is 0 Å². The Balaban J connectivity index is 1.55. The number of aromatic nitrogens is 1. The molecule has 1 N–H and O–H groups in total. The van der Waals surface area contributed by atoms with Crippen LogP contribution in [0.3, 0.4) is 0 Å². The number of carbonyl (C=O) groups is 2. The number of hydrogen-bond donors (Lipinski definition) is 1. The normalized spacial score (nSPS) is 16.0. The first-order valence-corrected chi connectivity index (χ1v) is 13.0. The van der Waals surface area contributed by atoms with Gasteiger partial charge in [-0.1, -0.05) is 23.7 Å². The molecule has 12 heteroatoms. The number of hydrogen-bond acceptors (Lipinski definition) is 6. The minimum atomic E-state index is -5.22. The third-order valence-electron chi connectivity index (χ3n) is 7.07. The fraction of sp³-hybridized carbons (Fsp3) is 0.519. The Labute approximate surface area is 231 Å². The van der Waals surface area contributed by atoms with Crippen LogP contribution in [0.5, 0.6) is 5.75 Å². The molecule has 8 nitrogen and oxygen atoms in total. The van der Waals surface area contributed by atoms with Gasteiger partial charge in [0.15, 0.2) is 0 Å². The number of pyridine rings is 1. The molecule has 39 heavy (non-hydrogen) atoms. The number of rotatable bonds is 9. The van der Waals surface area contributed by atoms with E-state index in [0.29, 0.717) is 41.8 Å². The Morgan fingerprint density at radius 2 is 1.85 bits per heavy atom.